The first-order chi connectivity index (χ1) is 6.81. The summed E-state index contributed by atoms with van der Waals surface area (Å²) in [7, 11) is 1.47. The lowest BCUT2D eigenvalue weighted by molar-refractivity contribution is -0.133. The van der Waals surface area contributed by atoms with Gasteiger partial charge in [-0.1, -0.05) is 12.8 Å². The van der Waals surface area contributed by atoms with Crippen LogP contribution >= 0.6 is 0 Å². The molecule has 3 atom stereocenters. The van der Waals surface area contributed by atoms with Crippen molar-refractivity contribution in [1.82, 2.24) is 10.8 Å². The number of hydrogen-bond donors (Lipinski definition) is 2. The molecule has 2 rings (SSSR count). The average Bonchev–Trinajstić information content (AvgIpc) is 2.61. The highest BCUT2D eigenvalue weighted by Crippen LogP contribution is 2.33. The Kier molecular flexibility index (Phi) is 3.03. The maximum Gasteiger partial charge on any atom is 0.260 e. The Labute approximate surface area is 84.3 Å². The molecule has 0 bridgehead atoms. The van der Waals surface area contributed by atoms with Gasteiger partial charge in [0.25, 0.3) is 5.91 Å². The highest BCUT2D eigenvalue weighted by molar-refractivity contribution is 5.81. The zero-order valence-electron chi connectivity index (χ0n) is 8.58. The molecular weight excluding hydrogens is 180 g/mol. The summed E-state index contributed by atoms with van der Waals surface area (Å²) in [5.41, 5.74) is 2.40. The third-order valence-corrected chi connectivity index (χ3v) is 3.38. The molecule has 0 aromatic rings. The second kappa shape index (κ2) is 4.28. The number of carbonyl (C=O) groups is 1. The molecule has 1 saturated carbocycles. The molecule has 2 aliphatic rings. The van der Waals surface area contributed by atoms with Gasteiger partial charge in [0.15, 0.2) is 0 Å². The van der Waals surface area contributed by atoms with Crippen LogP contribution in [0.4, 0.5) is 0 Å². The van der Waals surface area contributed by atoms with Crippen LogP contribution in [0.15, 0.2) is 0 Å². The summed E-state index contributed by atoms with van der Waals surface area (Å²) in [6.45, 7) is 0. The first-order valence-electron chi connectivity index (χ1n) is 5.40. The normalized spacial score (nSPS) is 36.5. The zero-order chi connectivity index (χ0) is 9.97. The third kappa shape index (κ3) is 1.91. The summed E-state index contributed by atoms with van der Waals surface area (Å²) < 4.78 is 0. The number of amides is 1. The quantitative estimate of drug-likeness (QED) is 0.638. The second-order valence-electron chi connectivity index (χ2n) is 4.28. The van der Waals surface area contributed by atoms with E-state index in [0.29, 0.717) is 12.0 Å². The van der Waals surface area contributed by atoms with Gasteiger partial charge in [-0.3, -0.25) is 9.63 Å². The molecule has 3 unspecified atom stereocenters. The highest BCUT2D eigenvalue weighted by Gasteiger charge is 2.38. The van der Waals surface area contributed by atoms with E-state index in [1.54, 1.807) is 0 Å². The third-order valence-electron chi connectivity index (χ3n) is 3.38. The van der Waals surface area contributed by atoms with Gasteiger partial charge in [0.05, 0.1) is 13.2 Å². The van der Waals surface area contributed by atoms with Crippen LogP contribution in [0.3, 0.4) is 0 Å². The molecule has 0 aromatic carbocycles. The van der Waals surface area contributed by atoms with Crippen LogP contribution in [-0.2, 0) is 9.63 Å². The van der Waals surface area contributed by atoms with E-state index in [-0.39, 0.29) is 11.9 Å². The van der Waals surface area contributed by atoms with Crippen molar-refractivity contribution >= 4 is 5.91 Å². The lowest BCUT2D eigenvalue weighted by Gasteiger charge is -2.24. The predicted octanol–water partition coefficient (Wildman–Crippen LogP) is 0.585. The van der Waals surface area contributed by atoms with E-state index in [1.807, 2.05) is 0 Å². The van der Waals surface area contributed by atoms with Crippen molar-refractivity contribution in [3.63, 3.8) is 0 Å². The van der Waals surface area contributed by atoms with E-state index >= 15 is 0 Å². The molecule has 1 aliphatic heterocycles. The number of nitrogens with one attached hydrogen (secondary N) is 2. The van der Waals surface area contributed by atoms with Crippen LogP contribution in [0.25, 0.3) is 0 Å². The van der Waals surface area contributed by atoms with Gasteiger partial charge in [0.2, 0.25) is 0 Å². The highest BCUT2D eigenvalue weighted by atomic mass is 16.6. The fraction of sp³-hybridized carbons (Fsp3) is 0.900. The van der Waals surface area contributed by atoms with Gasteiger partial charge in [-0.25, -0.2) is 5.48 Å². The minimum atomic E-state index is -0.0388. The number of carbonyl (C=O) groups excluding carboxylic acids is 1. The van der Waals surface area contributed by atoms with Crippen LogP contribution in [0.2, 0.25) is 0 Å². The Balaban J connectivity index is 1.89. The fourth-order valence-electron chi connectivity index (χ4n) is 2.69. The van der Waals surface area contributed by atoms with E-state index < -0.39 is 0 Å². The molecule has 1 saturated heterocycles. The van der Waals surface area contributed by atoms with E-state index in [2.05, 4.69) is 15.6 Å². The monoisotopic (exact) mass is 198 g/mol. The smallest absolute Gasteiger partial charge is 0.260 e. The Morgan fingerprint density at radius 2 is 2.21 bits per heavy atom. The molecular formula is C10H18N2O2. The molecule has 14 heavy (non-hydrogen) atoms. The standard InChI is InChI=1S/C10H18N2O2/c1-14-12-10(13)9-6-7-4-2-3-5-8(7)11-9/h7-9,11H,2-6H2,1H3,(H,12,13). The van der Waals surface area contributed by atoms with Crippen molar-refractivity contribution in [1.29, 1.82) is 0 Å². The summed E-state index contributed by atoms with van der Waals surface area (Å²) in [5, 5.41) is 3.39. The Bertz CT molecular complexity index is 206. The summed E-state index contributed by atoms with van der Waals surface area (Å²) >= 11 is 0. The van der Waals surface area contributed by atoms with E-state index in [1.165, 1.54) is 32.8 Å². The zero-order valence-corrected chi connectivity index (χ0v) is 8.58. The van der Waals surface area contributed by atoms with Gasteiger partial charge in [0, 0.05) is 6.04 Å². The first-order valence-corrected chi connectivity index (χ1v) is 5.40. The SMILES string of the molecule is CONC(=O)C1CC2CCCCC2N1. The van der Waals surface area contributed by atoms with E-state index in [9.17, 15) is 4.79 Å². The van der Waals surface area contributed by atoms with Crippen molar-refractivity contribution < 1.29 is 9.63 Å². The molecule has 1 heterocycles. The molecule has 0 aromatic heterocycles. The van der Waals surface area contributed by atoms with Crippen LogP contribution in [0.1, 0.15) is 32.1 Å². The molecule has 1 aliphatic carbocycles. The largest absolute Gasteiger partial charge is 0.303 e. The molecule has 2 fully saturated rings. The van der Waals surface area contributed by atoms with Gasteiger partial charge in [-0.05, 0) is 25.2 Å². The maximum atomic E-state index is 11.5. The van der Waals surface area contributed by atoms with Crippen LogP contribution < -0.4 is 10.8 Å². The second-order valence-corrected chi connectivity index (χ2v) is 4.28. The minimum Gasteiger partial charge on any atom is -0.303 e. The van der Waals surface area contributed by atoms with Crippen molar-refractivity contribution in [3.8, 4) is 0 Å². The number of hydrogen-bond acceptors (Lipinski definition) is 3. The number of fused-ring (bicyclic) bond motifs is 1. The van der Waals surface area contributed by atoms with Gasteiger partial charge >= 0.3 is 0 Å². The summed E-state index contributed by atoms with van der Waals surface area (Å²) in [5.74, 6) is 0.679. The molecule has 4 nitrogen and oxygen atoms in total. The number of hydroxylamine groups is 1. The predicted molar refractivity (Wildman–Crippen MR) is 52.4 cm³/mol. The van der Waals surface area contributed by atoms with E-state index in [4.69, 9.17) is 0 Å². The fourth-order valence-corrected chi connectivity index (χ4v) is 2.69. The molecule has 2 N–H and O–H groups in total. The van der Waals surface area contributed by atoms with Crippen molar-refractivity contribution in [2.24, 2.45) is 5.92 Å². The summed E-state index contributed by atoms with van der Waals surface area (Å²) in [6.07, 6.45) is 6.09. The van der Waals surface area contributed by atoms with Crippen LogP contribution in [0.5, 0.6) is 0 Å². The molecule has 1 amide bonds. The topological polar surface area (TPSA) is 50.4 Å². The molecule has 0 spiro atoms. The van der Waals surface area contributed by atoms with Gasteiger partial charge in [0.1, 0.15) is 0 Å². The lowest BCUT2D eigenvalue weighted by atomic mass is 9.85. The minimum absolute atomic E-state index is 0.0260. The first kappa shape index (κ1) is 9.93. The number of rotatable bonds is 2. The van der Waals surface area contributed by atoms with Crippen LogP contribution in [0, 0.1) is 5.92 Å². The van der Waals surface area contributed by atoms with Gasteiger partial charge in [-0.2, -0.15) is 0 Å². The van der Waals surface area contributed by atoms with Gasteiger partial charge in [-0.15, -0.1) is 0 Å². The molecule has 80 valence electrons. The summed E-state index contributed by atoms with van der Waals surface area (Å²) in [4.78, 5) is 16.1. The van der Waals surface area contributed by atoms with Crippen molar-refractivity contribution in [2.45, 2.75) is 44.2 Å². The maximum absolute atomic E-state index is 11.5. The van der Waals surface area contributed by atoms with Crippen LogP contribution in [-0.4, -0.2) is 25.1 Å². The summed E-state index contributed by atoms with van der Waals surface area (Å²) in [6, 6.07) is 0.527. The molecule has 4 heteroatoms. The van der Waals surface area contributed by atoms with E-state index in [0.717, 1.165) is 6.42 Å². The molecule has 0 radical (unpaired) electrons. The Morgan fingerprint density at radius 3 is 2.93 bits per heavy atom. The lowest BCUT2D eigenvalue weighted by Crippen LogP contribution is -2.42. The van der Waals surface area contributed by atoms with Crippen molar-refractivity contribution in [2.75, 3.05) is 7.11 Å². The van der Waals surface area contributed by atoms with Gasteiger partial charge < -0.3 is 5.32 Å². The Hall–Kier alpha value is -0.610. The van der Waals surface area contributed by atoms with Crippen molar-refractivity contribution in [3.05, 3.63) is 0 Å². The Morgan fingerprint density at radius 1 is 1.43 bits per heavy atom. The average molecular weight is 198 g/mol.